The van der Waals surface area contributed by atoms with Crippen LogP contribution in [0.25, 0.3) is 0 Å². The number of benzene rings is 1. The van der Waals surface area contributed by atoms with Gasteiger partial charge >= 0.3 is 0 Å². The molecule has 1 aromatic rings. The molecule has 5 heteroatoms. The van der Waals surface area contributed by atoms with Crippen molar-refractivity contribution < 1.29 is 9.59 Å². The van der Waals surface area contributed by atoms with Crippen molar-refractivity contribution in [3.8, 4) is 0 Å². The van der Waals surface area contributed by atoms with Gasteiger partial charge in [-0.15, -0.1) is 11.6 Å². The third-order valence-electron chi connectivity index (χ3n) is 2.47. The van der Waals surface area contributed by atoms with Gasteiger partial charge in [-0.2, -0.15) is 0 Å². The molecule has 0 bridgehead atoms. The molecule has 0 aromatic heterocycles. The van der Waals surface area contributed by atoms with E-state index < -0.39 is 0 Å². The van der Waals surface area contributed by atoms with E-state index in [0.717, 1.165) is 17.7 Å². The minimum Gasteiger partial charge on any atom is -0.355 e. The highest BCUT2D eigenvalue weighted by atomic mass is 35.5. The van der Waals surface area contributed by atoms with Gasteiger partial charge in [0, 0.05) is 18.7 Å². The van der Waals surface area contributed by atoms with E-state index in [9.17, 15) is 9.59 Å². The van der Waals surface area contributed by atoms with E-state index in [4.69, 9.17) is 11.6 Å². The van der Waals surface area contributed by atoms with Crippen molar-refractivity contribution in [2.75, 3.05) is 17.7 Å². The van der Waals surface area contributed by atoms with Crippen molar-refractivity contribution in [2.24, 2.45) is 0 Å². The van der Waals surface area contributed by atoms with Gasteiger partial charge in [-0.05, 0) is 18.1 Å². The third-order valence-corrected chi connectivity index (χ3v) is 2.71. The molecule has 0 heterocycles. The summed E-state index contributed by atoms with van der Waals surface area (Å²) in [5.74, 6) is -0.468. The lowest BCUT2D eigenvalue weighted by atomic mass is 10.1. The largest absolute Gasteiger partial charge is 0.355 e. The topological polar surface area (TPSA) is 58.2 Å². The van der Waals surface area contributed by atoms with Crippen molar-refractivity contribution >= 4 is 29.1 Å². The molecule has 0 unspecified atom stereocenters. The van der Waals surface area contributed by atoms with Gasteiger partial charge in [0.05, 0.1) is 0 Å². The predicted molar refractivity (Wildman–Crippen MR) is 72.8 cm³/mol. The Hall–Kier alpha value is -1.55. The zero-order chi connectivity index (χ0) is 13.4. The smallest absolute Gasteiger partial charge is 0.234 e. The summed E-state index contributed by atoms with van der Waals surface area (Å²) in [7, 11) is 0. The number of aryl methyl sites for hydroxylation is 1. The monoisotopic (exact) mass is 268 g/mol. The van der Waals surface area contributed by atoms with Gasteiger partial charge in [-0.3, -0.25) is 9.59 Å². The predicted octanol–water partition coefficient (Wildman–Crippen LogP) is 1.93. The van der Waals surface area contributed by atoms with E-state index in [0.29, 0.717) is 6.54 Å². The minimum absolute atomic E-state index is 0.0830. The first-order chi connectivity index (χ1) is 8.67. The van der Waals surface area contributed by atoms with Crippen molar-refractivity contribution in [3.05, 3.63) is 29.8 Å². The van der Waals surface area contributed by atoms with Crippen molar-refractivity contribution in [2.45, 2.75) is 19.8 Å². The van der Waals surface area contributed by atoms with Gasteiger partial charge < -0.3 is 10.6 Å². The number of halogens is 1. The summed E-state index contributed by atoms with van der Waals surface area (Å²) in [6.07, 6.45) is 1.10. The molecule has 4 nitrogen and oxygen atoms in total. The number of hydrogen-bond acceptors (Lipinski definition) is 2. The van der Waals surface area contributed by atoms with E-state index in [2.05, 4.69) is 10.6 Å². The van der Waals surface area contributed by atoms with Crippen LogP contribution in [0.1, 0.15) is 18.9 Å². The molecule has 0 aliphatic carbocycles. The molecule has 0 saturated carbocycles. The fourth-order valence-corrected chi connectivity index (χ4v) is 1.62. The zero-order valence-corrected chi connectivity index (χ0v) is 11.1. The summed E-state index contributed by atoms with van der Waals surface area (Å²) in [4.78, 5) is 22.5. The highest BCUT2D eigenvalue weighted by Crippen LogP contribution is 2.15. The van der Waals surface area contributed by atoms with E-state index >= 15 is 0 Å². The van der Waals surface area contributed by atoms with Gasteiger partial charge in [-0.25, -0.2) is 0 Å². The Morgan fingerprint density at radius 2 is 1.94 bits per heavy atom. The number of nitrogens with one attached hydrogen (secondary N) is 2. The average Bonchev–Trinajstić information content (AvgIpc) is 2.39. The van der Waals surface area contributed by atoms with E-state index in [1.807, 2.05) is 31.2 Å². The lowest BCUT2D eigenvalue weighted by Crippen LogP contribution is -2.28. The van der Waals surface area contributed by atoms with Crippen LogP contribution in [-0.4, -0.2) is 24.2 Å². The zero-order valence-electron chi connectivity index (χ0n) is 10.3. The molecular weight excluding hydrogens is 252 g/mol. The fourth-order valence-electron chi connectivity index (χ4n) is 1.53. The van der Waals surface area contributed by atoms with E-state index in [1.54, 1.807) is 0 Å². The van der Waals surface area contributed by atoms with Crippen LogP contribution < -0.4 is 10.6 Å². The van der Waals surface area contributed by atoms with Gasteiger partial charge in [0.1, 0.15) is 5.88 Å². The molecule has 0 saturated heterocycles. The highest BCUT2D eigenvalue weighted by Gasteiger charge is 2.06. The summed E-state index contributed by atoms with van der Waals surface area (Å²) in [6.45, 7) is 2.33. The summed E-state index contributed by atoms with van der Waals surface area (Å²) < 4.78 is 0. The molecule has 1 aromatic carbocycles. The molecule has 0 radical (unpaired) electrons. The lowest BCUT2D eigenvalue weighted by Gasteiger charge is -2.09. The second-order valence-electron chi connectivity index (χ2n) is 3.79. The van der Waals surface area contributed by atoms with Crippen LogP contribution >= 0.6 is 11.6 Å². The van der Waals surface area contributed by atoms with Crippen molar-refractivity contribution in [1.82, 2.24) is 5.32 Å². The molecular formula is C13H17ClN2O2. The maximum absolute atomic E-state index is 11.7. The van der Waals surface area contributed by atoms with Gasteiger partial charge in [-0.1, -0.05) is 25.1 Å². The summed E-state index contributed by atoms with van der Waals surface area (Å²) in [5.41, 5.74) is 1.92. The molecule has 0 aliphatic heterocycles. The molecule has 0 aliphatic rings. The van der Waals surface area contributed by atoms with Crippen molar-refractivity contribution in [1.29, 1.82) is 0 Å². The SMILES string of the molecule is CCc1ccccc1NC(=O)CCNC(=O)CCl. The first-order valence-electron chi connectivity index (χ1n) is 5.87. The normalized spacial score (nSPS) is 9.89. The molecule has 1 rings (SSSR count). The summed E-state index contributed by atoms with van der Waals surface area (Å²) in [6, 6.07) is 7.66. The fraction of sp³-hybridized carbons (Fsp3) is 0.385. The Labute approximate surface area is 112 Å². The van der Waals surface area contributed by atoms with E-state index in [1.165, 1.54) is 0 Å². The Morgan fingerprint density at radius 3 is 2.61 bits per heavy atom. The minimum atomic E-state index is -0.265. The number of anilines is 1. The number of alkyl halides is 1. The van der Waals surface area contributed by atoms with Crippen LogP contribution in [0.5, 0.6) is 0 Å². The number of carbonyl (C=O) groups is 2. The molecule has 2 amide bonds. The van der Waals surface area contributed by atoms with Gasteiger partial charge in [0.15, 0.2) is 0 Å². The van der Waals surface area contributed by atoms with Crippen LogP contribution in [0.15, 0.2) is 24.3 Å². The number of rotatable bonds is 6. The molecule has 0 fully saturated rings. The van der Waals surface area contributed by atoms with Crippen LogP contribution in [0.3, 0.4) is 0 Å². The Balaban J connectivity index is 2.42. The van der Waals surface area contributed by atoms with Crippen molar-refractivity contribution in [3.63, 3.8) is 0 Å². The van der Waals surface area contributed by atoms with Crippen LogP contribution in [0.2, 0.25) is 0 Å². The average molecular weight is 269 g/mol. The maximum atomic E-state index is 11.7. The summed E-state index contributed by atoms with van der Waals surface area (Å²) >= 11 is 5.32. The highest BCUT2D eigenvalue weighted by molar-refractivity contribution is 6.27. The number of hydrogen-bond donors (Lipinski definition) is 2. The molecule has 0 atom stereocenters. The second-order valence-corrected chi connectivity index (χ2v) is 4.06. The number of para-hydroxylation sites is 1. The Kier molecular flexibility index (Phi) is 6.22. The van der Waals surface area contributed by atoms with Gasteiger partial charge in [0.25, 0.3) is 0 Å². The maximum Gasteiger partial charge on any atom is 0.234 e. The second kappa shape index (κ2) is 7.71. The molecule has 2 N–H and O–H groups in total. The van der Waals surface area contributed by atoms with Gasteiger partial charge in [0.2, 0.25) is 11.8 Å². The summed E-state index contributed by atoms with van der Waals surface area (Å²) in [5, 5.41) is 5.38. The van der Waals surface area contributed by atoms with Crippen LogP contribution in [0, 0.1) is 0 Å². The number of carbonyl (C=O) groups excluding carboxylic acids is 2. The quantitative estimate of drug-likeness (QED) is 0.775. The standard InChI is InChI=1S/C13H17ClN2O2/c1-2-10-5-3-4-6-11(10)16-12(17)7-8-15-13(18)9-14/h3-6H,2,7-9H2,1H3,(H,15,18)(H,16,17). The lowest BCUT2D eigenvalue weighted by molar-refractivity contribution is -0.119. The Bertz CT molecular complexity index is 421. The Morgan fingerprint density at radius 1 is 1.22 bits per heavy atom. The molecule has 98 valence electrons. The van der Waals surface area contributed by atoms with E-state index in [-0.39, 0.29) is 24.1 Å². The first kappa shape index (κ1) is 14.5. The molecule has 18 heavy (non-hydrogen) atoms. The first-order valence-corrected chi connectivity index (χ1v) is 6.41. The number of amides is 2. The third kappa shape index (κ3) is 4.75. The van der Waals surface area contributed by atoms with Crippen LogP contribution in [0.4, 0.5) is 5.69 Å². The van der Waals surface area contributed by atoms with Crippen LogP contribution in [-0.2, 0) is 16.0 Å². The molecule has 0 spiro atoms.